The summed E-state index contributed by atoms with van der Waals surface area (Å²) in [6.45, 7) is 1.78. The van der Waals surface area contributed by atoms with Crippen LogP contribution in [0.5, 0.6) is 0 Å². The van der Waals surface area contributed by atoms with Gasteiger partial charge in [-0.2, -0.15) is 5.10 Å². The first kappa shape index (κ1) is 16.7. The van der Waals surface area contributed by atoms with Crippen LogP contribution in [0, 0.1) is 5.82 Å². The average Bonchev–Trinajstić information content (AvgIpc) is 3.30. The summed E-state index contributed by atoms with van der Waals surface area (Å²) in [5, 5.41) is 8.86. The van der Waals surface area contributed by atoms with Crippen LogP contribution in [-0.2, 0) is 11.2 Å². The van der Waals surface area contributed by atoms with E-state index in [-0.39, 0.29) is 11.9 Å². The van der Waals surface area contributed by atoms with Crippen molar-refractivity contribution in [3.8, 4) is 0 Å². The number of hydrogen-bond acceptors (Lipinski definition) is 5. The number of benzene rings is 1. The van der Waals surface area contributed by atoms with Gasteiger partial charge < -0.3 is 10.1 Å². The molecule has 0 bridgehead atoms. The fourth-order valence-corrected chi connectivity index (χ4v) is 3.49. The molecule has 1 aliphatic heterocycles. The van der Waals surface area contributed by atoms with Crippen molar-refractivity contribution in [1.29, 1.82) is 0 Å². The van der Waals surface area contributed by atoms with Gasteiger partial charge >= 0.3 is 5.97 Å². The number of fused-ring (bicyclic) bond motifs is 1. The summed E-state index contributed by atoms with van der Waals surface area (Å²) in [5.74, 6) is -0.723. The molecule has 0 radical (unpaired) electrons. The lowest BCUT2D eigenvalue weighted by atomic mass is 10.0. The Bertz CT molecular complexity index is 963. The highest BCUT2D eigenvalue weighted by Crippen LogP contribution is 2.27. The van der Waals surface area contributed by atoms with E-state index in [0.29, 0.717) is 17.5 Å². The van der Waals surface area contributed by atoms with Crippen LogP contribution in [0.25, 0.3) is 10.9 Å². The molecule has 1 fully saturated rings. The van der Waals surface area contributed by atoms with Crippen molar-refractivity contribution in [3.63, 3.8) is 0 Å². The van der Waals surface area contributed by atoms with Gasteiger partial charge in [-0.05, 0) is 42.8 Å². The number of carbonyl (C=O) groups is 1. The number of pyridine rings is 1. The largest absolute Gasteiger partial charge is 0.465 e. The number of carbonyl (C=O) groups excluding carboxylic acids is 1. The van der Waals surface area contributed by atoms with E-state index in [9.17, 15) is 9.18 Å². The molecule has 4 rings (SSSR count). The molecule has 0 aliphatic carbocycles. The van der Waals surface area contributed by atoms with Crippen LogP contribution in [0.1, 0.15) is 34.1 Å². The maximum Gasteiger partial charge on any atom is 0.338 e. The lowest BCUT2D eigenvalue weighted by Crippen LogP contribution is -2.14. The molecule has 0 saturated carbocycles. The monoisotopic (exact) mass is 354 g/mol. The van der Waals surface area contributed by atoms with Crippen LogP contribution in [0.4, 0.5) is 4.39 Å². The number of aromatic nitrogens is 3. The van der Waals surface area contributed by atoms with Gasteiger partial charge in [0.2, 0.25) is 0 Å². The molecule has 1 aromatic carbocycles. The fourth-order valence-electron chi connectivity index (χ4n) is 3.49. The lowest BCUT2D eigenvalue weighted by molar-refractivity contribution is 0.0599. The molecule has 134 valence electrons. The third kappa shape index (κ3) is 2.94. The summed E-state index contributed by atoms with van der Waals surface area (Å²) in [6.07, 6.45) is 4.54. The van der Waals surface area contributed by atoms with E-state index in [2.05, 4.69) is 10.3 Å². The van der Waals surface area contributed by atoms with E-state index >= 15 is 0 Å². The maximum atomic E-state index is 13.9. The van der Waals surface area contributed by atoms with Gasteiger partial charge in [-0.3, -0.25) is 9.67 Å². The second kappa shape index (κ2) is 6.84. The van der Waals surface area contributed by atoms with Gasteiger partial charge in [-0.1, -0.05) is 0 Å². The van der Waals surface area contributed by atoms with Crippen LogP contribution < -0.4 is 5.32 Å². The Balaban J connectivity index is 1.80. The van der Waals surface area contributed by atoms with Crippen LogP contribution in [0.15, 0.2) is 36.7 Å². The highest BCUT2D eigenvalue weighted by Gasteiger charge is 2.22. The van der Waals surface area contributed by atoms with Crippen molar-refractivity contribution in [2.75, 3.05) is 20.2 Å². The van der Waals surface area contributed by atoms with Crippen LogP contribution >= 0.6 is 0 Å². The van der Waals surface area contributed by atoms with Crippen molar-refractivity contribution in [1.82, 2.24) is 20.1 Å². The van der Waals surface area contributed by atoms with Crippen molar-refractivity contribution < 1.29 is 13.9 Å². The summed E-state index contributed by atoms with van der Waals surface area (Å²) in [4.78, 5) is 16.1. The molecule has 1 aliphatic rings. The van der Waals surface area contributed by atoms with Crippen LogP contribution in [-0.4, -0.2) is 40.9 Å². The first-order valence-electron chi connectivity index (χ1n) is 8.56. The molecule has 1 N–H and O–H groups in total. The fraction of sp³-hybridized carbons (Fsp3) is 0.316. The molecule has 2 aromatic heterocycles. The van der Waals surface area contributed by atoms with E-state index in [1.165, 1.54) is 19.2 Å². The van der Waals surface area contributed by atoms with Gasteiger partial charge in [-0.15, -0.1) is 0 Å². The summed E-state index contributed by atoms with van der Waals surface area (Å²) < 4.78 is 20.7. The molecular weight excluding hydrogens is 335 g/mol. The zero-order chi connectivity index (χ0) is 18.1. The van der Waals surface area contributed by atoms with Gasteiger partial charge in [-0.25, -0.2) is 9.18 Å². The Labute approximate surface area is 150 Å². The Hall–Kier alpha value is -2.80. The van der Waals surface area contributed by atoms with Crippen molar-refractivity contribution >= 4 is 16.9 Å². The van der Waals surface area contributed by atoms with Crippen LogP contribution in [0.3, 0.4) is 0 Å². The molecule has 1 atom stereocenters. The van der Waals surface area contributed by atoms with Gasteiger partial charge in [0.15, 0.2) is 0 Å². The zero-order valence-electron chi connectivity index (χ0n) is 14.4. The highest BCUT2D eigenvalue weighted by atomic mass is 19.1. The molecule has 1 saturated heterocycles. The zero-order valence-corrected chi connectivity index (χ0v) is 14.4. The summed E-state index contributed by atoms with van der Waals surface area (Å²) >= 11 is 0. The number of halogens is 1. The SMILES string of the molecule is COC(=O)c1ccncc1Cc1nn([C@@H]2CCNC2)c2ccc(F)cc12. The van der Waals surface area contributed by atoms with Gasteiger partial charge in [0.25, 0.3) is 0 Å². The normalized spacial score (nSPS) is 16.9. The topological polar surface area (TPSA) is 69.0 Å². The summed E-state index contributed by atoms with van der Waals surface area (Å²) in [6, 6.07) is 6.60. The first-order chi connectivity index (χ1) is 12.7. The molecule has 3 aromatic rings. The quantitative estimate of drug-likeness (QED) is 0.729. The van der Waals surface area contributed by atoms with Crippen LogP contribution in [0.2, 0.25) is 0 Å². The van der Waals surface area contributed by atoms with Gasteiger partial charge in [0, 0.05) is 30.7 Å². The second-order valence-electron chi connectivity index (χ2n) is 6.40. The third-order valence-electron chi connectivity index (χ3n) is 4.79. The molecule has 6 nitrogen and oxygen atoms in total. The van der Waals surface area contributed by atoms with E-state index in [1.54, 1.807) is 24.5 Å². The molecule has 0 spiro atoms. The summed E-state index contributed by atoms with van der Waals surface area (Å²) in [7, 11) is 1.35. The number of ether oxygens (including phenoxy) is 1. The lowest BCUT2D eigenvalue weighted by Gasteiger charge is -2.10. The number of methoxy groups -OCH3 is 1. The van der Waals surface area contributed by atoms with Crippen molar-refractivity contribution in [2.45, 2.75) is 18.9 Å². The Morgan fingerprint density at radius 3 is 3.08 bits per heavy atom. The van der Waals surface area contributed by atoms with Crippen molar-refractivity contribution in [2.24, 2.45) is 0 Å². The molecular formula is C19H19FN4O2. The van der Waals surface area contributed by atoms with E-state index in [1.807, 2.05) is 4.68 Å². The van der Waals surface area contributed by atoms with E-state index in [4.69, 9.17) is 9.84 Å². The molecule has 3 heterocycles. The van der Waals surface area contributed by atoms with E-state index < -0.39 is 5.97 Å². The van der Waals surface area contributed by atoms with E-state index in [0.717, 1.165) is 36.1 Å². The molecule has 26 heavy (non-hydrogen) atoms. The Morgan fingerprint density at radius 1 is 1.42 bits per heavy atom. The Kier molecular flexibility index (Phi) is 4.38. The highest BCUT2D eigenvalue weighted by molar-refractivity contribution is 5.91. The molecule has 0 amide bonds. The minimum absolute atomic E-state index is 0.241. The first-order valence-corrected chi connectivity index (χ1v) is 8.56. The third-order valence-corrected chi connectivity index (χ3v) is 4.79. The average molecular weight is 354 g/mol. The Morgan fingerprint density at radius 2 is 2.31 bits per heavy atom. The number of nitrogens with zero attached hydrogens (tertiary/aromatic N) is 3. The predicted molar refractivity (Wildman–Crippen MR) is 94.6 cm³/mol. The number of hydrogen-bond donors (Lipinski definition) is 1. The van der Waals surface area contributed by atoms with Gasteiger partial charge in [0.05, 0.1) is 29.9 Å². The van der Waals surface area contributed by atoms with Gasteiger partial charge in [0.1, 0.15) is 5.82 Å². The smallest absolute Gasteiger partial charge is 0.338 e. The molecule has 7 heteroatoms. The number of esters is 1. The predicted octanol–water partition coefficient (Wildman–Crippen LogP) is 2.48. The minimum Gasteiger partial charge on any atom is -0.465 e. The standard InChI is InChI=1S/C19H19FN4O2/c1-26-19(25)15-5-7-21-10-12(15)8-17-16-9-13(20)2-3-18(16)24(23-17)14-4-6-22-11-14/h2-3,5,7,9-10,14,22H,4,6,8,11H2,1H3/t14-/m1/s1. The number of nitrogens with one attached hydrogen (secondary N) is 1. The minimum atomic E-state index is -0.419. The maximum absolute atomic E-state index is 13.9. The summed E-state index contributed by atoms with van der Waals surface area (Å²) in [5.41, 5.74) is 2.78. The number of rotatable bonds is 4. The van der Waals surface area contributed by atoms with Crippen molar-refractivity contribution in [3.05, 3.63) is 59.3 Å². The molecule has 0 unspecified atom stereocenters. The second-order valence-corrected chi connectivity index (χ2v) is 6.40.